The van der Waals surface area contributed by atoms with Crippen LogP contribution in [0.5, 0.6) is 0 Å². The highest BCUT2D eigenvalue weighted by Crippen LogP contribution is 2.43. The van der Waals surface area contributed by atoms with E-state index in [2.05, 4.69) is 12.1 Å². The SMILES string of the molecule is CC(=O)OC1c2c#cccc2-c2ccccc21. The lowest BCUT2D eigenvalue weighted by atomic mass is 10.1. The highest BCUT2D eigenvalue weighted by molar-refractivity contribution is 5.79. The van der Waals surface area contributed by atoms with Crippen molar-refractivity contribution < 1.29 is 9.53 Å². The van der Waals surface area contributed by atoms with Gasteiger partial charge in [0.15, 0.2) is 6.10 Å². The second-order valence-corrected chi connectivity index (χ2v) is 4.01. The molecule has 1 unspecified atom stereocenters. The van der Waals surface area contributed by atoms with Crippen LogP contribution in [0.15, 0.2) is 36.4 Å². The van der Waals surface area contributed by atoms with E-state index in [1.165, 1.54) is 6.92 Å². The quantitative estimate of drug-likeness (QED) is 0.693. The lowest BCUT2D eigenvalue weighted by Crippen LogP contribution is -2.06. The molecule has 17 heavy (non-hydrogen) atoms. The third kappa shape index (κ3) is 1.48. The molecule has 0 N–H and O–H groups in total. The molecule has 0 spiro atoms. The average molecular weight is 222 g/mol. The molecule has 0 radical (unpaired) electrons. The minimum Gasteiger partial charge on any atom is -0.452 e. The number of ether oxygens (including phenoxy) is 1. The number of rotatable bonds is 1. The van der Waals surface area contributed by atoms with Gasteiger partial charge >= 0.3 is 5.97 Å². The van der Waals surface area contributed by atoms with E-state index in [1.807, 2.05) is 36.4 Å². The summed E-state index contributed by atoms with van der Waals surface area (Å²) in [7, 11) is 0. The lowest BCUT2D eigenvalue weighted by Gasteiger charge is -2.11. The summed E-state index contributed by atoms with van der Waals surface area (Å²) in [5, 5.41) is 0. The van der Waals surface area contributed by atoms with Gasteiger partial charge in [-0.3, -0.25) is 4.79 Å². The Labute approximate surface area is 99.9 Å². The fraction of sp³-hybridized carbons (Fsp3) is 0.133. The molecule has 2 aromatic rings. The fourth-order valence-electron chi connectivity index (χ4n) is 2.26. The predicted molar refractivity (Wildman–Crippen MR) is 63.2 cm³/mol. The largest absolute Gasteiger partial charge is 0.452 e. The average Bonchev–Trinajstić information content (AvgIpc) is 2.65. The van der Waals surface area contributed by atoms with Crippen LogP contribution in [0, 0.1) is 12.1 Å². The van der Waals surface area contributed by atoms with Crippen LogP contribution in [-0.4, -0.2) is 5.97 Å². The first-order chi connectivity index (χ1) is 8.27. The molecule has 0 amide bonds. The third-order valence-corrected chi connectivity index (χ3v) is 2.91. The Bertz CT molecular complexity index is 541. The van der Waals surface area contributed by atoms with Crippen LogP contribution in [0.2, 0.25) is 0 Å². The van der Waals surface area contributed by atoms with E-state index in [1.54, 1.807) is 0 Å². The molecule has 1 aliphatic rings. The van der Waals surface area contributed by atoms with Gasteiger partial charge in [-0.1, -0.05) is 36.4 Å². The smallest absolute Gasteiger partial charge is 0.303 e. The van der Waals surface area contributed by atoms with Crippen molar-refractivity contribution in [1.82, 2.24) is 0 Å². The molecule has 0 saturated carbocycles. The highest BCUT2D eigenvalue weighted by atomic mass is 16.5. The first-order valence-corrected chi connectivity index (χ1v) is 5.46. The van der Waals surface area contributed by atoms with Gasteiger partial charge in [-0.15, -0.1) is 0 Å². The van der Waals surface area contributed by atoms with Gasteiger partial charge in [0.2, 0.25) is 0 Å². The van der Waals surface area contributed by atoms with E-state index >= 15 is 0 Å². The Hall–Kier alpha value is -2.27. The van der Waals surface area contributed by atoms with Crippen molar-refractivity contribution in [2.45, 2.75) is 13.0 Å². The van der Waals surface area contributed by atoms with Crippen molar-refractivity contribution in [1.29, 1.82) is 0 Å². The van der Waals surface area contributed by atoms with Crippen molar-refractivity contribution in [2.75, 3.05) is 0 Å². The van der Waals surface area contributed by atoms with Crippen LogP contribution in [0.4, 0.5) is 0 Å². The third-order valence-electron chi connectivity index (χ3n) is 2.91. The Morgan fingerprint density at radius 3 is 2.88 bits per heavy atom. The maximum atomic E-state index is 11.2. The van der Waals surface area contributed by atoms with Crippen LogP contribution >= 0.6 is 0 Å². The lowest BCUT2D eigenvalue weighted by molar-refractivity contribution is -0.144. The van der Waals surface area contributed by atoms with Crippen molar-refractivity contribution in [3.8, 4) is 11.1 Å². The van der Waals surface area contributed by atoms with Crippen LogP contribution in [0.3, 0.4) is 0 Å². The first-order valence-electron chi connectivity index (χ1n) is 5.46. The van der Waals surface area contributed by atoms with Crippen LogP contribution in [-0.2, 0) is 9.53 Å². The predicted octanol–water partition coefficient (Wildman–Crippen LogP) is 2.92. The zero-order valence-electron chi connectivity index (χ0n) is 9.36. The summed E-state index contributed by atoms with van der Waals surface area (Å²) in [5.41, 5.74) is 4.10. The molecule has 0 heterocycles. The van der Waals surface area contributed by atoms with Crippen molar-refractivity contribution in [2.24, 2.45) is 0 Å². The van der Waals surface area contributed by atoms with Crippen molar-refractivity contribution >= 4 is 5.97 Å². The number of hydrogen-bond acceptors (Lipinski definition) is 2. The fourth-order valence-corrected chi connectivity index (χ4v) is 2.26. The normalized spacial score (nSPS) is 12.5. The number of carbonyl (C=O) groups excluding carboxylic acids is 1. The molecule has 0 fully saturated rings. The second-order valence-electron chi connectivity index (χ2n) is 4.01. The monoisotopic (exact) mass is 222 g/mol. The summed E-state index contributed by atoms with van der Waals surface area (Å²) < 4.78 is 5.37. The van der Waals surface area contributed by atoms with Crippen LogP contribution in [0.25, 0.3) is 11.1 Å². The Kier molecular flexibility index (Phi) is 2.12. The van der Waals surface area contributed by atoms with Crippen LogP contribution in [0.1, 0.15) is 24.2 Å². The second kappa shape index (κ2) is 3.64. The summed E-state index contributed by atoms with van der Waals surface area (Å²) >= 11 is 0. The summed E-state index contributed by atoms with van der Waals surface area (Å²) in [5.74, 6) is -0.282. The maximum absolute atomic E-state index is 11.2. The van der Waals surface area contributed by atoms with Gasteiger partial charge < -0.3 is 4.74 Å². The number of carbonyl (C=O) groups is 1. The molecule has 2 heteroatoms. The Morgan fingerprint density at radius 1 is 1.24 bits per heavy atom. The van der Waals surface area contributed by atoms with Gasteiger partial charge in [0.05, 0.1) is 5.56 Å². The first kappa shape index (κ1) is 9.92. The van der Waals surface area contributed by atoms with Crippen LogP contribution < -0.4 is 0 Å². The number of benzene rings is 1. The maximum Gasteiger partial charge on any atom is 0.303 e. The zero-order valence-corrected chi connectivity index (χ0v) is 9.36. The topological polar surface area (TPSA) is 26.3 Å². The molecule has 1 atom stereocenters. The minimum atomic E-state index is -0.337. The van der Waals surface area contributed by atoms with E-state index < -0.39 is 0 Å². The molecular formula is C15H10O2. The van der Waals surface area contributed by atoms with E-state index in [9.17, 15) is 4.79 Å². The number of fused-ring (bicyclic) bond motifs is 3. The number of esters is 1. The minimum absolute atomic E-state index is 0.282. The molecule has 0 aliphatic heterocycles. The summed E-state index contributed by atoms with van der Waals surface area (Å²) in [4.78, 5) is 11.2. The molecule has 3 rings (SSSR count). The molecular weight excluding hydrogens is 212 g/mol. The molecule has 0 aromatic heterocycles. The molecule has 2 aromatic carbocycles. The van der Waals surface area contributed by atoms with Gasteiger partial charge in [0.25, 0.3) is 0 Å². The molecule has 82 valence electrons. The van der Waals surface area contributed by atoms with Gasteiger partial charge in [-0.25, -0.2) is 0 Å². The molecule has 0 saturated heterocycles. The Balaban J connectivity index is 2.20. The van der Waals surface area contributed by atoms with Gasteiger partial charge in [0, 0.05) is 12.5 Å². The van der Waals surface area contributed by atoms with E-state index in [0.29, 0.717) is 0 Å². The van der Waals surface area contributed by atoms with E-state index in [4.69, 9.17) is 4.74 Å². The van der Waals surface area contributed by atoms with Gasteiger partial charge in [-0.05, 0) is 23.3 Å². The molecule has 1 aliphatic carbocycles. The van der Waals surface area contributed by atoms with Gasteiger partial charge in [-0.2, -0.15) is 0 Å². The van der Waals surface area contributed by atoms with E-state index in [0.717, 1.165) is 22.3 Å². The zero-order chi connectivity index (χ0) is 11.8. The van der Waals surface area contributed by atoms with Crippen molar-refractivity contribution in [3.63, 3.8) is 0 Å². The molecule has 2 nitrogen and oxygen atoms in total. The molecule has 0 bridgehead atoms. The number of hydrogen-bond donors (Lipinski definition) is 0. The van der Waals surface area contributed by atoms with Gasteiger partial charge in [0.1, 0.15) is 0 Å². The van der Waals surface area contributed by atoms with E-state index in [-0.39, 0.29) is 12.1 Å². The summed E-state index contributed by atoms with van der Waals surface area (Å²) in [6.45, 7) is 1.42. The Morgan fingerprint density at radius 2 is 2.06 bits per heavy atom. The highest BCUT2D eigenvalue weighted by Gasteiger charge is 2.30. The summed E-state index contributed by atoms with van der Waals surface area (Å²) in [6, 6.07) is 17.7. The van der Waals surface area contributed by atoms with Crippen molar-refractivity contribution in [3.05, 3.63) is 59.7 Å². The summed E-state index contributed by atoms with van der Waals surface area (Å²) in [6.07, 6.45) is -0.337. The standard InChI is InChI=1S/C15H10O2/c1-10(16)17-15-13-8-4-2-6-11(13)12-7-3-5-9-14(12)15/h2-4,6-8,15H,1H3.